The molecule has 1 N–H and O–H groups in total. The molecule has 1 atom stereocenters. The van der Waals surface area contributed by atoms with Crippen molar-refractivity contribution >= 4 is 23.2 Å². The fourth-order valence-electron chi connectivity index (χ4n) is 1.36. The largest absolute Gasteiger partial charge is 0.313 e. The molecule has 0 saturated carbocycles. The van der Waals surface area contributed by atoms with Crippen molar-refractivity contribution < 1.29 is 0 Å². The molecule has 1 aromatic rings. The van der Waals surface area contributed by atoms with Crippen LogP contribution in [0.1, 0.15) is 18.0 Å². The molecule has 0 aliphatic carbocycles. The van der Waals surface area contributed by atoms with Gasteiger partial charge in [-0.25, -0.2) is 0 Å². The monoisotopic (exact) mass is 229 g/mol. The molecule has 14 heavy (non-hydrogen) atoms. The van der Waals surface area contributed by atoms with E-state index in [2.05, 4.69) is 11.9 Å². The second kappa shape index (κ2) is 5.40. The Balaban J connectivity index is 2.96. The van der Waals surface area contributed by atoms with Crippen molar-refractivity contribution in [2.45, 2.75) is 12.5 Å². The second-order valence-electron chi connectivity index (χ2n) is 3.07. The average Bonchev–Trinajstić information content (AvgIpc) is 2.12. The topological polar surface area (TPSA) is 12.0 Å². The molecule has 0 spiro atoms. The van der Waals surface area contributed by atoms with Gasteiger partial charge in [0.1, 0.15) is 0 Å². The Labute approximate surface area is 94.7 Å². The number of rotatable bonds is 4. The van der Waals surface area contributed by atoms with Gasteiger partial charge in [0.15, 0.2) is 0 Å². The lowest BCUT2D eigenvalue weighted by Crippen LogP contribution is -2.15. The third-order valence-corrected chi connectivity index (χ3v) is 2.47. The van der Waals surface area contributed by atoms with Gasteiger partial charge in [-0.15, -0.1) is 6.58 Å². The van der Waals surface area contributed by atoms with Gasteiger partial charge < -0.3 is 5.32 Å². The molecular weight excluding hydrogens is 217 g/mol. The van der Waals surface area contributed by atoms with Gasteiger partial charge in [-0.05, 0) is 37.2 Å². The Kier molecular flexibility index (Phi) is 4.46. The Morgan fingerprint density at radius 2 is 1.93 bits per heavy atom. The summed E-state index contributed by atoms with van der Waals surface area (Å²) in [5, 5.41) is 4.51. The summed E-state index contributed by atoms with van der Waals surface area (Å²) in [6.07, 6.45) is 2.73. The number of hydrogen-bond acceptors (Lipinski definition) is 1. The van der Waals surface area contributed by atoms with Crippen molar-refractivity contribution in [1.82, 2.24) is 5.32 Å². The molecule has 0 saturated heterocycles. The molecule has 0 heterocycles. The van der Waals surface area contributed by atoms with Crippen LogP contribution in [-0.4, -0.2) is 7.05 Å². The molecule has 0 aliphatic heterocycles. The van der Waals surface area contributed by atoms with Gasteiger partial charge in [-0.1, -0.05) is 29.3 Å². The highest BCUT2D eigenvalue weighted by Crippen LogP contribution is 2.25. The van der Waals surface area contributed by atoms with E-state index in [-0.39, 0.29) is 6.04 Å². The SMILES string of the molecule is C=CCC(NC)c1cc(Cl)cc(Cl)c1. The molecule has 76 valence electrons. The van der Waals surface area contributed by atoms with Gasteiger partial charge in [-0.2, -0.15) is 0 Å². The molecule has 1 rings (SSSR count). The van der Waals surface area contributed by atoms with Gasteiger partial charge in [0, 0.05) is 16.1 Å². The minimum atomic E-state index is 0.226. The van der Waals surface area contributed by atoms with Crippen LogP contribution in [0.15, 0.2) is 30.9 Å². The Morgan fingerprint density at radius 3 is 2.36 bits per heavy atom. The molecule has 0 bridgehead atoms. The molecule has 1 nitrogen and oxygen atoms in total. The summed E-state index contributed by atoms with van der Waals surface area (Å²) >= 11 is 11.8. The van der Waals surface area contributed by atoms with E-state index in [1.807, 2.05) is 25.3 Å². The van der Waals surface area contributed by atoms with Crippen molar-refractivity contribution in [3.63, 3.8) is 0 Å². The van der Waals surface area contributed by atoms with E-state index in [0.717, 1.165) is 12.0 Å². The number of benzene rings is 1. The highest BCUT2D eigenvalue weighted by molar-refractivity contribution is 6.34. The first-order valence-corrected chi connectivity index (χ1v) is 5.17. The van der Waals surface area contributed by atoms with E-state index in [4.69, 9.17) is 23.2 Å². The van der Waals surface area contributed by atoms with E-state index in [1.54, 1.807) is 6.07 Å². The quantitative estimate of drug-likeness (QED) is 0.775. The third kappa shape index (κ3) is 3.02. The highest BCUT2D eigenvalue weighted by Gasteiger charge is 2.08. The van der Waals surface area contributed by atoms with Gasteiger partial charge in [0.2, 0.25) is 0 Å². The number of hydrogen-bond donors (Lipinski definition) is 1. The summed E-state index contributed by atoms with van der Waals surface area (Å²) < 4.78 is 0. The molecule has 0 aliphatic rings. The van der Waals surface area contributed by atoms with Gasteiger partial charge in [-0.3, -0.25) is 0 Å². The Bertz CT molecular complexity index is 303. The molecular formula is C11H13Cl2N. The van der Waals surface area contributed by atoms with E-state index in [0.29, 0.717) is 10.0 Å². The fraction of sp³-hybridized carbons (Fsp3) is 0.273. The Morgan fingerprint density at radius 1 is 1.36 bits per heavy atom. The Hall–Kier alpha value is -0.500. The smallest absolute Gasteiger partial charge is 0.0424 e. The van der Waals surface area contributed by atoms with Crippen LogP contribution in [0.2, 0.25) is 10.0 Å². The first-order chi connectivity index (χ1) is 6.67. The predicted octanol–water partition coefficient (Wildman–Crippen LogP) is 3.83. The van der Waals surface area contributed by atoms with Crippen LogP contribution in [0.25, 0.3) is 0 Å². The first-order valence-electron chi connectivity index (χ1n) is 4.41. The second-order valence-corrected chi connectivity index (χ2v) is 3.94. The van der Waals surface area contributed by atoms with Gasteiger partial charge in [0.25, 0.3) is 0 Å². The number of halogens is 2. The van der Waals surface area contributed by atoms with Crippen LogP contribution >= 0.6 is 23.2 Å². The van der Waals surface area contributed by atoms with Crippen LogP contribution in [-0.2, 0) is 0 Å². The molecule has 1 unspecified atom stereocenters. The summed E-state index contributed by atoms with van der Waals surface area (Å²) in [6, 6.07) is 5.78. The van der Waals surface area contributed by atoms with Crippen molar-refractivity contribution in [2.24, 2.45) is 0 Å². The molecule has 1 aromatic carbocycles. The maximum Gasteiger partial charge on any atom is 0.0424 e. The van der Waals surface area contributed by atoms with Crippen LogP contribution in [0.4, 0.5) is 0 Å². The predicted molar refractivity (Wildman–Crippen MR) is 63.1 cm³/mol. The minimum Gasteiger partial charge on any atom is -0.313 e. The van der Waals surface area contributed by atoms with Crippen molar-refractivity contribution in [2.75, 3.05) is 7.05 Å². The van der Waals surface area contributed by atoms with E-state index in [9.17, 15) is 0 Å². The molecule has 0 fully saturated rings. The zero-order chi connectivity index (χ0) is 10.6. The van der Waals surface area contributed by atoms with Crippen LogP contribution < -0.4 is 5.32 Å². The minimum absolute atomic E-state index is 0.226. The normalized spacial score (nSPS) is 12.5. The van der Waals surface area contributed by atoms with Gasteiger partial charge in [0.05, 0.1) is 0 Å². The van der Waals surface area contributed by atoms with Crippen molar-refractivity contribution in [3.8, 4) is 0 Å². The van der Waals surface area contributed by atoms with Crippen molar-refractivity contribution in [3.05, 3.63) is 46.5 Å². The molecule has 0 aromatic heterocycles. The van der Waals surface area contributed by atoms with Crippen molar-refractivity contribution in [1.29, 1.82) is 0 Å². The average molecular weight is 230 g/mol. The zero-order valence-electron chi connectivity index (χ0n) is 8.06. The maximum absolute atomic E-state index is 5.91. The summed E-state index contributed by atoms with van der Waals surface area (Å²) in [5.41, 5.74) is 1.09. The summed E-state index contributed by atoms with van der Waals surface area (Å²) in [4.78, 5) is 0. The van der Waals surface area contributed by atoms with E-state index in [1.165, 1.54) is 0 Å². The molecule has 0 amide bonds. The molecule has 0 radical (unpaired) electrons. The lowest BCUT2D eigenvalue weighted by molar-refractivity contribution is 0.604. The van der Waals surface area contributed by atoms with E-state index < -0.39 is 0 Å². The summed E-state index contributed by atoms with van der Waals surface area (Å²) in [6.45, 7) is 3.71. The van der Waals surface area contributed by atoms with Gasteiger partial charge >= 0.3 is 0 Å². The summed E-state index contributed by atoms with van der Waals surface area (Å²) in [7, 11) is 1.91. The lowest BCUT2D eigenvalue weighted by Gasteiger charge is -2.15. The first kappa shape index (κ1) is 11.6. The summed E-state index contributed by atoms with van der Waals surface area (Å²) in [5.74, 6) is 0. The maximum atomic E-state index is 5.91. The fourth-order valence-corrected chi connectivity index (χ4v) is 1.91. The van der Waals surface area contributed by atoms with Crippen LogP contribution in [0.5, 0.6) is 0 Å². The third-order valence-electron chi connectivity index (χ3n) is 2.04. The standard InChI is InChI=1S/C11H13Cl2N/c1-3-4-11(14-2)8-5-9(12)7-10(13)6-8/h3,5-7,11,14H,1,4H2,2H3. The van der Waals surface area contributed by atoms with E-state index >= 15 is 0 Å². The highest BCUT2D eigenvalue weighted by atomic mass is 35.5. The van der Waals surface area contributed by atoms with Crippen LogP contribution in [0.3, 0.4) is 0 Å². The zero-order valence-corrected chi connectivity index (χ0v) is 9.57. The number of nitrogens with one attached hydrogen (secondary N) is 1. The van der Waals surface area contributed by atoms with Crippen LogP contribution in [0, 0.1) is 0 Å². The molecule has 3 heteroatoms. The lowest BCUT2D eigenvalue weighted by atomic mass is 10.0.